The molecule has 1 aromatic rings. The average molecular weight is 255 g/mol. The van der Waals surface area contributed by atoms with Gasteiger partial charge in [-0.15, -0.1) is 0 Å². The van der Waals surface area contributed by atoms with Crippen molar-refractivity contribution in [2.75, 3.05) is 20.8 Å². The predicted molar refractivity (Wildman–Crippen MR) is 61.1 cm³/mol. The van der Waals surface area contributed by atoms with Crippen LogP contribution in [0.3, 0.4) is 0 Å². The van der Waals surface area contributed by atoms with Crippen LogP contribution in [-0.4, -0.2) is 31.8 Å². The lowest BCUT2D eigenvalue weighted by Gasteiger charge is -2.18. The van der Waals surface area contributed by atoms with Gasteiger partial charge in [0.1, 0.15) is 11.3 Å². The molecule has 2 rings (SSSR count). The zero-order chi connectivity index (χ0) is 13.2. The first-order valence-electron chi connectivity index (χ1n) is 5.82. The Morgan fingerprint density at radius 1 is 1.50 bits per heavy atom. The molecular weight excluding hydrogens is 238 g/mol. The SMILES string of the molecule is COCc1nc(C2(C)CCCO2)oc1C(=O)OC. The second-order valence-corrected chi connectivity index (χ2v) is 4.40. The normalized spacial score (nSPS) is 23.3. The van der Waals surface area contributed by atoms with Gasteiger partial charge in [-0.25, -0.2) is 9.78 Å². The van der Waals surface area contributed by atoms with E-state index in [0.29, 0.717) is 18.2 Å². The Labute approximate surface area is 105 Å². The third-order valence-corrected chi connectivity index (χ3v) is 3.02. The number of carbonyl (C=O) groups excluding carboxylic acids is 1. The van der Waals surface area contributed by atoms with E-state index in [4.69, 9.17) is 13.9 Å². The van der Waals surface area contributed by atoms with Gasteiger partial charge in [-0.1, -0.05) is 0 Å². The first kappa shape index (κ1) is 13.0. The zero-order valence-electron chi connectivity index (χ0n) is 10.8. The summed E-state index contributed by atoms with van der Waals surface area (Å²) in [7, 11) is 2.83. The van der Waals surface area contributed by atoms with E-state index in [-0.39, 0.29) is 12.4 Å². The highest BCUT2D eigenvalue weighted by Gasteiger charge is 2.38. The minimum Gasteiger partial charge on any atom is -0.463 e. The number of ether oxygens (including phenoxy) is 3. The first-order chi connectivity index (χ1) is 8.60. The summed E-state index contributed by atoms with van der Waals surface area (Å²) in [5.74, 6) is -0.0547. The van der Waals surface area contributed by atoms with Crippen molar-refractivity contribution in [3.63, 3.8) is 0 Å². The number of esters is 1. The summed E-state index contributed by atoms with van der Waals surface area (Å²) < 4.78 is 20.8. The number of aromatic nitrogens is 1. The highest BCUT2D eigenvalue weighted by Crippen LogP contribution is 2.36. The molecule has 1 aliphatic heterocycles. The third-order valence-electron chi connectivity index (χ3n) is 3.02. The van der Waals surface area contributed by atoms with Crippen LogP contribution in [0.25, 0.3) is 0 Å². The van der Waals surface area contributed by atoms with E-state index in [2.05, 4.69) is 9.72 Å². The third kappa shape index (κ3) is 2.26. The molecule has 1 aromatic heterocycles. The molecule has 0 bridgehead atoms. The monoisotopic (exact) mass is 255 g/mol. The highest BCUT2D eigenvalue weighted by atomic mass is 16.5. The van der Waals surface area contributed by atoms with Gasteiger partial charge in [-0.3, -0.25) is 0 Å². The summed E-state index contributed by atoms with van der Waals surface area (Å²) in [5.41, 5.74) is -0.120. The van der Waals surface area contributed by atoms with E-state index in [1.165, 1.54) is 14.2 Å². The van der Waals surface area contributed by atoms with Crippen LogP contribution in [0.2, 0.25) is 0 Å². The van der Waals surface area contributed by atoms with Crippen LogP contribution in [-0.2, 0) is 26.4 Å². The number of hydrogen-bond donors (Lipinski definition) is 0. The van der Waals surface area contributed by atoms with Gasteiger partial charge in [0.25, 0.3) is 0 Å². The van der Waals surface area contributed by atoms with Crippen molar-refractivity contribution >= 4 is 5.97 Å². The fourth-order valence-corrected chi connectivity index (χ4v) is 2.01. The Hall–Kier alpha value is -1.40. The van der Waals surface area contributed by atoms with Gasteiger partial charge in [0, 0.05) is 13.7 Å². The topological polar surface area (TPSA) is 70.8 Å². The van der Waals surface area contributed by atoms with Gasteiger partial charge < -0.3 is 18.6 Å². The Morgan fingerprint density at radius 2 is 2.28 bits per heavy atom. The summed E-state index contributed by atoms with van der Waals surface area (Å²) >= 11 is 0. The largest absolute Gasteiger partial charge is 0.463 e. The molecule has 18 heavy (non-hydrogen) atoms. The van der Waals surface area contributed by atoms with E-state index < -0.39 is 11.6 Å². The number of carbonyl (C=O) groups is 1. The van der Waals surface area contributed by atoms with Crippen LogP contribution < -0.4 is 0 Å². The highest BCUT2D eigenvalue weighted by molar-refractivity contribution is 5.87. The van der Waals surface area contributed by atoms with Crippen molar-refractivity contribution in [3.8, 4) is 0 Å². The molecule has 0 N–H and O–H groups in total. The summed E-state index contributed by atoms with van der Waals surface area (Å²) in [6.45, 7) is 2.78. The molecule has 0 spiro atoms. The van der Waals surface area contributed by atoms with Crippen molar-refractivity contribution in [1.82, 2.24) is 4.98 Å². The van der Waals surface area contributed by atoms with Crippen LogP contribution in [0.1, 0.15) is 41.9 Å². The Kier molecular flexibility index (Phi) is 3.68. The summed E-state index contributed by atoms with van der Waals surface area (Å²) in [6.07, 6.45) is 1.77. The zero-order valence-corrected chi connectivity index (χ0v) is 10.8. The molecule has 2 heterocycles. The molecule has 1 saturated heterocycles. The van der Waals surface area contributed by atoms with Crippen molar-refractivity contribution < 1.29 is 23.4 Å². The number of nitrogens with zero attached hydrogens (tertiary/aromatic N) is 1. The second-order valence-electron chi connectivity index (χ2n) is 4.40. The molecular formula is C12H17NO5. The molecule has 1 atom stereocenters. The van der Waals surface area contributed by atoms with Crippen LogP contribution in [0.5, 0.6) is 0 Å². The van der Waals surface area contributed by atoms with E-state index >= 15 is 0 Å². The number of oxazole rings is 1. The van der Waals surface area contributed by atoms with Gasteiger partial charge in [0.05, 0.1) is 13.7 Å². The number of hydrogen-bond acceptors (Lipinski definition) is 6. The van der Waals surface area contributed by atoms with Crippen LogP contribution in [0.4, 0.5) is 0 Å². The van der Waals surface area contributed by atoms with Crippen molar-refractivity contribution in [2.45, 2.75) is 32.0 Å². The van der Waals surface area contributed by atoms with Gasteiger partial charge in [0.15, 0.2) is 0 Å². The molecule has 100 valence electrons. The second kappa shape index (κ2) is 5.07. The lowest BCUT2D eigenvalue weighted by atomic mass is 10.0. The molecule has 1 fully saturated rings. The molecule has 0 radical (unpaired) electrons. The Bertz CT molecular complexity index is 434. The quantitative estimate of drug-likeness (QED) is 0.761. The lowest BCUT2D eigenvalue weighted by molar-refractivity contribution is -0.00652. The minimum absolute atomic E-state index is 0.0890. The smallest absolute Gasteiger partial charge is 0.376 e. The van der Waals surface area contributed by atoms with Crippen molar-refractivity contribution in [3.05, 3.63) is 17.3 Å². The van der Waals surface area contributed by atoms with E-state index in [1.807, 2.05) is 6.92 Å². The summed E-state index contributed by atoms with van der Waals surface area (Å²) in [6, 6.07) is 0. The molecule has 0 aromatic carbocycles. The predicted octanol–water partition coefficient (Wildman–Crippen LogP) is 1.63. The first-order valence-corrected chi connectivity index (χ1v) is 5.82. The van der Waals surface area contributed by atoms with Crippen LogP contribution in [0, 0.1) is 0 Å². The van der Waals surface area contributed by atoms with Crippen molar-refractivity contribution in [2.24, 2.45) is 0 Å². The van der Waals surface area contributed by atoms with Gasteiger partial charge in [0.2, 0.25) is 11.7 Å². The summed E-state index contributed by atoms with van der Waals surface area (Å²) in [4.78, 5) is 15.9. The number of methoxy groups -OCH3 is 2. The van der Waals surface area contributed by atoms with Crippen molar-refractivity contribution in [1.29, 1.82) is 0 Å². The number of rotatable bonds is 4. The molecule has 0 amide bonds. The minimum atomic E-state index is -0.561. The van der Waals surface area contributed by atoms with E-state index in [0.717, 1.165) is 12.8 Å². The maximum atomic E-state index is 11.6. The molecule has 6 nitrogen and oxygen atoms in total. The summed E-state index contributed by atoms with van der Waals surface area (Å²) in [5, 5.41) is 0. The fraction of sp³-hybridized carbons (Fsp3) is 0.667. The van der Waals surface area contributed by atoms with Gasteiger partial charge >= 0.3 is 5.97 Å². The van der Waals surface area contributed by atoms with Crippen LogP contribution in [0.15, 0.2) is 4.42 Å². The maximum absolute atomic E-state index is 11.6. The van der Waals surface area contributed by atoms with Crippen LogP contribution >= 0.6 is 0 Å². The van der Waals surface area contributed by atoms with Gasteiger partial charge in [-0.2, -0.15) is 0 Å². The maximum Gasteiger partial charge on any atom is 0.376 e. The Balaban J connectivity index is 2.35. The Morgan fingerprint density at radius 3 is 2.83 bits per heavy atom. The molecule has 1 unspecified atom stereocenters. The average Bonchev–Trinajstić information content (AvgIpc) is 2.96. The molecule has 6 heteroatoms. The fourth-order valence-electron chi connectivity index (χ4n) is 2.01. The standard InChI is InChI=1S/C12H17NO5/c1-12(5-4-6-17-12)11-13-8(7-15-2)9(18-11)10(14)16-3/h4-7H2,1-3H3. The molecule has 0 aliphatic carbocycles. The van der Waals surface area contributed by atoms with E-state index in [1.54, 1.807) is 0 Å². The lowest BCUT2D eigenvalue weighted by Crippen LogP contribution is -2.20. The van der Waals surface area contributed by atoms with E-state index in [9.17, 15) is 4.79 Å². The molecule has 1 aliphatic rings. The van der Waals surface area contributed by atoms with Gasteiger partial charge in [-0.05, 0) is 19.8 Å². The molecule has 0 saturated carbocycles.